The minimum atomic E-state index is -1.33. The number of halogens is 1. The molecular weight excluding hydrogens is 495 g/mol. The Labute approximate surface area is 220 Å². The van der Waals surface area contributed by atoms with Crippen LogP contribution in [0.15, 0.2) is 46.8 Å². The normalized spacial score (nSPS) is 17.6. The summed E-state index contributed by atoms with van der Waals surface area (Å²) in [4.78, 5) is 15.7. The van der Waals surface area contributed by atoms with Crippen molar-refractivity contribution >= 4 is 34.9 Å². The Morgan fingerprint density at radius 3 is 2.61 bits per heavy atom. The molecule has 3 aromatic rings. The molecule has 1 saturated carbocycles. The summed E-state index contributed by atoms with van der Waals surface area (Å²) in [5.74, 6) is -0.314. The molecule has 192 valence electrons. The highest BCUT2D eigenvalue weighted by molar-refractivity contribution is 8.02. The molecule has 1 aromatic heterocycles. The van der Waals surface area contributed by atoms with E-state index in [1.165, 1.54) is 82.1 Å². The van der Waals surface area contributed by atoms with Crippen LogP contribution in [0.25, 0.3) is 10.6 Å². The molecule has 0 aliphatic heterocycles. The van der Waals surface area contributed by atoms with Crippen LogP contribution >= 0.6 is 23.3 Å². The molecule has 36 heavy (non-hydrogen) atoms. The molecule has 1 fully saturated rings. The fourth-order valence-corrected chi connectivity index (χ4v) is 6.54. The highest BCUT2D eigenvalue weighted by Gasteiger charge is 2.22. The summed E-state index contributed by atoms with van der Waals surface area (Å²) in [6.07, 6.45) is 12.5. The van der Waals surface area contributed by atoms with Gasteiger partial charge >= 0.3 is 5.97 Å². The number of carboxylic acids is 1. The lowest BCUT2D eigenvalue weighted by molar-refractivity contribution is 0.0691. The first kappa shape index (κ1) is 26.5. The van der Waals surface area contributed by atoms with E-state index in [-0.39, 0.29) is 5.75 Å². The number of unbranched alkanes of at least 4 members (excludes halogenated alkanes) is 2. The van der Waals surface area contributed by atoms with Crippen molar-refractivity contribution < 1.29 is 19.0 Å². The summed E-state index contributed by atoms with van der Waals surface area (Å²) in [5, 5.41) is 10.0. The minimum absolute atomic E-state index is 0.261. The third kappa shape index (κ3) is 6.59. The van der Waals surface area contributed by atoms with E-state index in [1.807, 2.05) is 0 Å². The van der Waals surface area contributed by atoms with Crippen LogP contribution in [-0.2, 0) is 0 Å². The average molecular weight is 529 g/mol. The number of hydrogen-bond donors (Lipinski definition) is 2. The van der Waals surface area contributed by atoms with E-state index in [0.717, 1.165) is 26.8 Å². The highest BCUT2D eigenvalue weighted by Crippen LogP contribution is 2.39. The summed E-state index contributed by atoms with van der Waals surface area (Å²) in [6, 6.07) is 11.1. The van der Waals surface area contributed by atoms with Crippen molar-refractivity contribution in [3.05, 3.63) is 59.5 Å². The van der Waals surface area contributed by atoms with Gasteiger partial charge in [0.25, 0.3) is 0 Å². The number of benzene rings is 2. The van der Waals surface area contributed by atoms with Crippen LogP contribution in [0.4, 0.5) is 10.1 Å². The molecule has 0 bridgehead atoms. The predicted molar refractivity (Wildman–Crippen MR) is 146 cm³/mol. The fourth-order valence-electron chi connectivity index (χ4n) is 4.88. The number of rotatable bonds is 11. The van der Waals surface area contributed by atoms with Crippen molar-refractivity contribution in [1.82, 2.24) is 4.98 Å². The number of aromatic carboxylic acids is 1. The van der Waals surface area contributed by atoms with Gasteiger partial charge in [-0.2, -0.15) is 0 Å². The van der Waals surface area contributed by atoms with Crippen LogP contribution in [0.5, 0.6) is 5.75 Å². The van der Waals surface area contributed by atoms with Crippen molar-refractivity contribution in [3.63, 3.8) is 0 Å². The lowest BCUT2D eigenvalue weighted by Crippen LogP contribution is -2.13. The Morgan fingerprint density at radius 1 is 1.19 bits per heavy atom. The van der Waals surface area contributed by atoms with Crippen LogP contribution in [-0.4, -0.2) is 23.2 Å². The smallest absolute Gasteiger partial charge is 0.338 e. The van der Waals surface area contributed by atoms with Crippen molar-refractivity contribution in [2.24, 2.45) is 5.92 Å². The van der Waals surface area contributed by atoms with Gasteiger partial charge in [-0.05, 0) is 61.1 Å². The molecule has 0 amide bonds. The number of nitrogens with one attached hydrogen (secondary N) is 1. The largest absolute Gasteiger partial charge is 0.495 e. The second-order valence-electron chi connectivity index (χ2n) is 9.36. The van der Waals surface area contributed by atoms with Crippen LogP contribution in [0.2, 0.25) is 0 Å². The van der Waals surface area contributed by atoms with E-state index in [2.05, 4.69) is 40.9 Å². The minimum Gasteiger partial charge on any atom is -0.495 e. The number of ether oxygens (including phenoxy) is 1. The molecule has 1 aliphatic rings. The van der Waals surface area contributed by atoms with E-state index in [4.69, 9.17) is 9.84 Å². The van der Waals surface area contributed by atoms with Crippen LogP contribution in [0.3, 0.4) is 0 Å². The molecule has 2 N–H and O–H groups in total. The second kappa shape index (κ2) is 12.6. The zero-order chi connectivity index (χ0) is 25.5. The van der Waals surface area contributed by atoms with Crippen LogP contribution in [0.1, 0.15) is 80.1 Å². The molecule has 0 saturated heterocycles. The number of nitrogens with zero attached hydrogens (tertiary/aromatic N) is 1. The Hall–Kier alpha value is -2.58. The van der Waals surface area contributed by atoms with Gasteiger partial charge in [0.1, 0.15) is 20.8 Å². The highest BCUT2D eigenvalue weighted by atomic mass is 32.2. The number of methoxy groups -OCH3 is 1. The zero-order valence-electron chi connectivity index (χ0n) is 20.8. The molecule has 0 radical (unpaired) electrons. The van der Waals surface area contributed by atoms with Gasteiger partial charge in [-0.15, -0.1) is 11.3 Å². The third-order valence-corrected chi connectivity index (χ3v) is 8.93. The molecule has 2 aromatic carbocycles. The molecule has 1 aliphatic carbocycles. The third-order valence-electron chi connectivity index (χ3n) is 6.96. The maximum absolute atomic E-state index is 14.1. The van der Waals surface area contributed by atoms with Crippen molar-refractivity contribution in [3.8, 4) is 16.3 Å². The molecule has 4 rings (SSSR count). The zero-order valence-corrected chi connectivity index (χ0v) is 22.4. The quantitative estimate of drug-likeness (QED) is 0.192. The number of carboxylic acid groups (broad SMARTS) is 1. The Bertz CT molecular complexity index is 1160. The van der Waals surface area contributed by atoms with Gasteiger partial charge in [0.2, 0.25) is 0 Å². The molecule has 0 unspecified atom stereocenters. The number of hydrogen-bond acceptors (Lipinski definition) is 6. The molecular formula is C28H33FN2O3S2. The van der Waals surface area contributed by atoms with Gasteiger partial charge in [0, 0.05) is 11.6 Å². The van der Waals surface area contributed by atoms with Gasteiger partial charge in [0.05, 0.1) is 24.6 Å². The Balaban J connectivity index is 1.34. The Kier molecular flexibility index (Phi) is 9.26. The first-order valence-corrected chi connectivity index (χ1v) is 14.2. The monoisotopic (exact) mass is 528 g/mol. The molecule has 8 heteroatoms. The van der Waals surface area contributed by atoms with Crippen molar-refractivity contribution in [2.45, 2.75) is 68.4 Å². The van der Waals surface area contributed by atoms with E-state index in [9.17, 15) is 9.18 Å². The molecule has 0 atom stereocenters. The maximum atomic E-state index is 14.1. The lowest BCUT2D eigenvalue weighted by Gasteiger charge is -2.29. The number of carbonyl (C=O) groups is 1. The van der Waals surface area contributed by atoms with E-state index in [0.29, 0.717) is 11.6 Å². The first-order chi connectivity index (χ1) is 17.5. The van der Waals surface area contributed by atoms with Crippen molar-refractivity contribution in [2.75, 3.05) is 11.8 Å². The van der Waals surface area contributed by atoms with Crippen LogP contribution < -0.4 is 9.46 Å². The number of anilines is 1. The van der Waals surface area contributed by atoms with Crippen molar-refractivity contribution in [1.29, 1.82) is 0 Å². The van der Waals surface area contributed by atoms with Gasteiger partial charge in [-0.25, -0.2) is 14.2 Å². The topological polar surface area (TPSA) is 71.5 Å². The standard InChI is InChI=1S/C28H33FN2O3S2/c1-3-4-5-6-18-7-9-19(10-8-18)20-11-13-21(14-12-20)27-30-17-26(35-27)36-31-24-16-23(29)22(28(32)33)15-25(24)34-2/h11-19,31H,3-10H2,1-2H3,(H,32,33). The Morgan fingerprint density at radius 2 is 1.94 bits per heavy atom. The average Bonchev–Trinajstić information content (AvgIpc) is 3.37. The summed E-state index contributed by atoms with van der Waals surface area (Å²) in [7, 11) is 1.42. The lowest BCUT2D eigenvalue weighted by atomic mass is 9.77. The first-order valence-electron chi connectivity index (χ1n) is 12.6. The second-order valence-corrected chi connectivity index (χ2v) is 11.5. The summed E-state index contributed by atoms with van der Waals surface area (Å²) < 4.78 is 23.3. The van der Waals surface area contributed by atoms with E-state index in [1.54, 1.807) is 17.5 Å². The maximum Gasteiger partial charge on any atom is 0.338 e. The number of aromatic nitrogens is 1. The van der Waals surface area contributed by atoms with Crippen LogP contribution in [0, 0.1) is 11.7 Å². The van der Waals surface area contributed by atoms with E-state index < -0.39 is 17.3 Å². The molecule has 1 heterocycles. The van der Waals surface area contributed by atoms with Gasteiger partial charge in [-0.3, -0.25) is 0 Å². The van der Waals surface area contributed by atoms with Gasteiger partial charge < -0.3 is 14.6 Å². The summed E-state index contributed by atoms with van der Waals surface area (Å²) in [6.45, 7) is 2.27. The summed E-state index contributed by atoms with van der Waals surface area (Å²) in [5.41, 5.74) is 2.45. The number of thiazole rings is 1. The van der Waals surface area contributed by atoms with Gasteiger partial charge in [0.15, 0.2) is 0 Å². The molecule has 5 nitrogen and oxygen atoms in total. The SMILES string of the molecule is CCCCCC1CCC(c2ccc(-c3ncc(SNc4cc(F)c(C(=O)O)cc4OC)s3)cc2)CC1. The predicted octanol–water partition coefficient (Wildman–Crippen LogP) is 8.63. The molecule has 0 spiro atoms. The van der Waals surface area contributed by atoms with E-state index >= 15 is 0 Å². The van der Waals surface area contributed by atoms with Gasteiger partial charge in [-0.1, -0.05) is 56.9 Å². The fraction of sp³-hybridized carbons (Fsp3) is 0.429. The summed E-state index contributed by atoms with van der Waals surface area (Å²) >= 11 is 2.83.